The Hall–Kier alpha value is -2.93. The van der Waals surface area contributed by atoms with Crippen molar-refractivity contribution >= 4 is 34.8 Å². The van der Waals surface area contributed by atoms with Gasteiger partial charge in [0.1, 0.15) is 5.02 Å². The van der Waals surface area contributed by atoms with Crippen molar-refractivity contribution in [1.82, 2.24) is 14.6 Å². The number of ether oxygens (including phenoxy) is 1. The molecule has 23 heavy (non-hydrogen) atoms. The first-order valence-electron chi connectivity index (χ1n) is 6.59. The molecule has 0 aliphatic rings. The van der Waals surface area contributed by atoms with E-state index in [2.05, 4.69) is 20.1 Å². The summed E-state index contributed by atoms with van der Waals surface area (Å²) in [4.78, 5) is 28.2. The molecule has 0 saturated heterocycles. The Labute approximate surface area is 135 Å². The molecule has 0 saturated carbocycles. The number of benzene rings is 1. The number of amides is 1. The van der Waals surface area contributed by atoms with Gasteiger partial charge in [0, 0.05) is 12.4 Å². The molecule has 3 rings (SSSR count). The number of aromatic nitrogens is 3. The Morgan fingerprint density at radius 2 is 2.04 bits per heavy atom. The smallest absolute Gasteiger partial charge is 0.339 e. The molecule has 0 aliphatic carbocycles. The molecule has 7 nitrogen and oxygen atoms in total. The highest BCUT2D eigenvalue weighted by Crippen LogP contribution is 2.22. The number of nitrogens with one attached hydrogen (secondary N) is 1. The Morgan fingerprint density at radius 1 is 1.26 bits per heavy atom. The third kappa shape index (κ3) is 2.74. The molecule has 2 heterocycles. The van der Waals surface area contributed by atoms with Gasteiger partial charge in [-0.1, -0.05) is 23.7 Å². The number of carbonyl (C=O) groups is 2. The molecule has 0 bridgehead atoms. The van der Waals surface area contributed by atoms with E-state index in [1.54, 1.807) is 42.7 Å². The minimum absolute atomic E-state index is 0.0186. The second-order valence-corrected chi connectivity index (χ2v) is 4.92. The van der Waals surface area contributed by atoms with Crippen LogP contribution in [0, 0.1) is 0 Å². The van der Waals surface area contributed by atoms with E-state index in [1.165, 1.54) is 11.6 Å². The van der Waals surface area contributed by atoms with Crippen molar-refractivity contribution in [2.75, 3.05) is 12.4 Å². The zero-order chi connectivity index (χ0) is 16.4. The zero-order valence-electron chi connectivity index (χ0n) is 12.0. The summed E-state index contributed by atoms with van der Waals surface area (Å²) in [6, 6.07) is 8.17. The quantitative estimate of drug-likeness (QED) is 0.745. The summed E-state index contributed by atoms with van der Waals surface area (Å²) in [5.41, 5.74) is 0.942. The van der Waals surface area contributed by atoms with E-state index in [0.717, 1.165) is 0 Å². The fourth-order valence-corrected chi connectivity index (χ4v) is 2.32. The van der Waals surface area contributed by atoms with Gasteiger partial charge in [0.05, 0.1) is 18.4 Å². The first kappa shape index (κ1) is 15.0. The number of carbonyl (C=O) groups excluding carboxylic acids is 2. The Morgan fingerprint density at radius 3 is 2.78 bits per heavy atom. The topological polar surface area (TPSA) is 85.6 Å². The fraction of sp³-hybridized carbons (Fsp3) is 0.0667. The molecule has 0 fully saturated rings. The number of methoxy groups -OCH3 is 1. The molecule has 0 atom stereocenters. The molecule has 1 aromatic carbocycles. The van der Waals surface area contributed by atoms with Gasteiger partial charge in [-0.3, -0.25) is 4.79 Å². The monoisotopic (exact) mass is 330 g/mol. The van der Waals surface area contributed by atoms with E-state index in [4.69, 9.17) is 11.6 Å². The molecule has 116 valence electrons. The van der Waals surface area contributed by atoms with Crippen LogP contribution < -0.4 is 5.32 Å². The van der Waals surface area contributed by atoms with Crippen LogP contribution in [0.2, 0.25) is 5.02 Å². The van der Waals surface area contributed by atoms with E-state index >= 15 is 0 Å². The molecule has 1 amide bonds. The number of anilines is 1. The number of fused-ring (bicyclic) bond motifs is 1. The van der Waals surface area contributed by atoms with Crippen LogP contribution >= 0.6 is 11.6 Å². The van der Waals surface area contributed by atoms with Crippen LogP contribution in [0.4, 0.5) is 5.69 Å². The third-order valence-electron chi connectivity index (χ3n) is 3.13. The van der Waals surface area contributed by atoms with E-state index in [1.807, 2.05) is 0 Å². The fourth-order valence-electron chi connectivity index (χ4n) is 2.07. The number of halogens is 1. The van der Waals surface area contributed by atoms with Crippen LogP contribution in [0.1, 0.15) is 20.8 Å². The lowest BCUT2D eigenvalue weighted by Gasteiger charge is -2.08. The SMILES string of the molecule is COC(=O)c1ccccc1NC(=O)c1nn2cccnc2c1Cl. The number of esters is 1. The van der Waals surface area contributed by atoms with Crippen LogP contribution in [0.3, 0.4) is 0 Å². The second kappa shape index (κ2) is 6.05. The van der Waals surface area contributed by atoms with Gasteiger partial charge in [0.25, 0.3) is 5.91 Å². The summed E-state index contributed by atoms with van der Waals surface area (Å²) in [5.74, 6) is -1.10. The molecule has 0 spiro atoms. The Kier molecular flexibility index (Phi) is 3.94. The molecule has 8 heteroatoms. The highest BCUT2D eigenvalue weighted by molar-refractivity contribution is 6.37. The van der Waals surface area contributed by atoms with Gasteiger partial charge in [0.15, 0.2) is 11.3 Å². The van der Waals surface area contributed by atoms with Crippen LogP contribution in [-0.4, -0.2) is 33.6 Å². The lowest BCUT2D eigenvalue weighted by Crippen LogP contribution is -2.16. The van der Waals surface area contributed by atoms with Gasteiger partial charge in [-0.15, -0.1) is 0 Å². The van der Waals surface area contributed by atoms with E-state index in [0.29, 0.717) is 11.3 Å². The molecular formula is C15H11ClN4O3. The van der Waals surface area contributed by atoms with Crippen molar-refractivity contribution in [3.8, 4) is 0 Å². The number of hydrogen-bond donors (Lipinski definition) is 1. The van der Waals surface area contributed by atoms with E-state index in [9.17, 15) is 9.59 Å². The average Bonchev–Trinajstić information content (AvgIpc) is 2.92. The highest BCUT2D eigenvalue weighted by Gasteiger charge is 2.20. The minimum atomic E-state index is -0.552. The van der Waals surface area contributed by atoms with Gasteiger partial charge in [-0.25, -0.2) is 14.3 Å². The number of para-hydroxylation sites is 1. The third-order valence-corrected chi connectivity index (χ3v) is 3.48. The van der Waals surface area contributed by atoms with Crippen LogP contribution in [0.25, 0.3) is 5.65 Å². The molecule has 0 aliphatic heterocycles. The van der Waals surface area contributed by atoms with Gasteiger partial charge in [-0.2, -0.15) is 5.10 Å². The zero-order valence-corrected chi connectivity index (χ0v) is 12.7. The van der Waals surface area contributed by atoms with Crippen LogP contribution in [0.15, 0.2) is 42.7 Å². The van der Waals surface area contributed by atoms with E-state index in [-0.39, 0.29) is 16.3 Å². The summed E-state index contributed by atoms with van der Waals surface area (Å²) in [6.45, 7) is 0. The minimum Gasteiger partial charge on any atom is -0.465 e. The first-order valence-corrected chi connectivity index (χ1v) is 6.97. The van der Waals surface area contributed by atoms with Crippen molar-refractivity contribution in [2.45, 2.75) is 0 Å². The molecule has 3 aromatic rings. The maximum Gasteiger partial charge on any atom is 0.339 e. The molecule has 2 aromatic heterocycles. The first-order chi connectivity index (χ1) is 11.1. The number of hydrogen-bond acceptors (Lipinski definition) is 5. The lowest BCUT2D eigenvalue weighted by molar-refractivity contribution is 0.0602. The lowest BCUT2D eigenvalue weighted by atomic mass is 10.1. The van der Waals surface area contributed by atoms with E-state index < -0.39 is 11.9 Å². The normalized spacial score (nSPS) is 10.5. The summed E-state index contributed by atoms with van der Waals surface area (Å²) in [6.07, 6.45) is 3.19. The summed E-state index contributed by atoms with van der Waals surface area (Å²) in [7, 11) is 1.27. The maximum atomic E-state index is 12.4. The maximum absolute atomic E-state index is 12.4. The molecule has 1 N–H and O–H groups in total. The van der Waals surface area contributed by atoms with Crippen molar-refractivity contribution in [3.63, 3.8) is 0 Å². The second-order valence-electron chi connectivity index (χ2n) is 4.54. The largest absolute Gasteiger partial charge is 0.465 e. The van der Waals surface area contributed by atoms with Gasteiger partial charge in [0.2, 0.25) is 0 Å². The molecular weight excluding hydrogens is 320 g/mol. The summed E-state index contributed by atoms with van der Waals surface area (Å²) >= 11 is 6.15. The predicted octanol–water partition coefficient (Wildman–Crippen LogP) is 2.42. The Bertz CT molecular complexity index is 907. The van der Waals surface area contributed by atoms with Crippen molar-refractivity contribution in [1.29, 1.82) is 0 Å². The van der Waals surface area contributed by atoms with Crippen molar-refractivity contribution in [2.24, 2.45) is 0 Å². The molecule has 0 radical (unpaired) electrons. The number of rotatable bonds is 3. The molecule has 0 unspecified atom stereocenters. The van der Waals surface area contributed by atoms with Gasteiger partial charge < -0.3 is 10.1 Å². The van der Waals surface area contributed by atoms with Gasteiger partial charge >= 0.3 is 5.97 Å². The standard InChI is InChI=1S/C15H11ClN4O3/c1-23-15(22)9-5-2-3-6-10(9)18-14(21)12-11(16)13-17-7-4-8-20(13)19-12/h2-8H,1H3,(H,18,21). The summed E-state index contributed by atoms with van der Waals surface area (Å²) in [5, 5.41) is 6.85. The van der Waals surface area contributed by atoms with Crippen LogP contribution in [0.5, 0.6) is 0 Å². The Balaban J connectivity index is 1.96. The number of nitrogens with zero attached hydrogens (tertiary/aromatic N) is 3. The van der Waals surface area contributed by atoms with Crippen molar-refractivity contribution in [3.05, 3.63) is 59.0 Å². The predicted molar refractivity (Wildman–Crippen MR) is 83.7 cm³/mol. The van der Waals surface area contributed by atoms with Gasteiger partial charge in [-0.05, 0) is 18.2 Å². The average molecular weight is 331 g/mol. The highest BCUT2D eigenvalue weighted by atomic mass is 35.5. The summed E-state index contributed by atoms with van der Waals surface area (Å²) < 4.78 is 6.10. The van der Waals surface area contributed by atoms with Crippen LogP contribution in [-0.2, 0) is 4.74 Å². The van der Waals surface area contributed by atoms with Crippen molar-refractivity contribution < 1.29 is 14.3 Å².